The summed E-state index contributed by atoms with van der Waals surface area (Å²) in [5, 5.41) is 1.12. The molecule has 5 nitrogen and oxygen atoms in total. The lowest BCUT2D eigenvalue weighted by Gasteiger charge is -2.08. The first-order valence-corrected chi connectivity index (χ1v) is 11.4. The third-order valence-corrected chi connectivity index (χ3v) is 6.46. The molecule has 3 aromatic carbocycles. The molecule has 0 bridgehead atoms. The SMILES string of the molecule is CC(=O)n1c(-c2ccccc2)c(/C=N/S(=O)(=O)c2ccc(C)cc2)c2cc(Cl)ccc21. The highest BCUT2D eigenvalue weighted by Gasteiger charge is 2.21. The Hall–Kier alpha value is -3.22. The van der Waals surface area contributed by atoms with Crippen LogP contribution in [0.4, 0.5) is 0 Å². The van der Waals surface area contributed by atoms with Crippen molar-refractivity contribution in [2.75, 3.05) is 0 Å². The Bertz CT molecular complexity index is 1420. The molecule has 0 aliphatic heterocycles. The van der Waals surface area contributed by atoms with Gasteiger partial charge in [-0.25, -0.2) is 0 Å². The first-order chi connectivity index (χ1) is 14.8. The molecule has 0 radical (unpaired) electrons. The van der Waals surface area contributed by atoms with Crippen molar-refractivity contribution in [2.24, 2.45) is 4.40 Å². The van der Waals surface area contributed by atoms with E-state index < -0.39 is 10.0 Å². The lowest BCUT2D eigenvalue weighted by molar-refractivity contribution is 0.0943. The highest BCUT2D eigenvalue weighted by molar-refractivity contribution is 7.90. The van der Waals surface area contributed by atoms with Gasteiger partial charge in [-0.2, -0.15) is 12.8 Å². The molecular weight excluding hydrogens is 432 g/mol. The summed E-state index contributed by atoms with van der Waals surface area (Å²) in [5.41, 5.74) is 3.42. The van der Waals surface area contributed by atoms with E-state index in [2.05, 4.69) is 4.40 Å². The Morgan fingerprint density at radius 2 is 1.68 bits per heavy atom. The van der Waals surface area contributed by atoms with E-state index in [1.165, 1.54) is 25.3 Å². The number of carbonyl (C=O) groups is 1. The van der Waals surface area contributed by atoms with Crippen LogP contribution in [0.25, 0.3) is 22.2 Å². The quantitative estimate of drug-likeness (QED) is 0.372. The van der Waals surface area contributed by atoms with E-state index in [1.807, 2.05) is 37.3 Å². The van der Waals surface area contributed by atoms with E-state index >= 15 is 0 Å². The fourth-order valence-electron chi connectivity index (χ4n) is 3.52. The second-order valence-corrected chi connectivity index (χ2v) is 9.24. The molecule has 0 spiro atoms. The molecule has 31 heavy (non-hydrogen) atoms. The lowest BCUT2D eigenvalue weighted by Crippen LogP contribution is -2.07. The van der Waals surface area contributed by atoms with Crippen LogP contribution in [0.3, 0.4) is 0 Å². The van der Waals surface area contributed by atoms with Gasteiger partial charge < -0.3 is 0 Å². The molecule has 0 unspecified atom stereocenters. The van der Waals surface area contributed by atoms with Crippen molar-refractivity contribution < 1.29 is 13.2 Å². The van der Waals surface area contributed by atoms with Crippen molar-refractivity contribution in [1.82, 2.24) is 4.57 Å². The molecule has 0 saturated heterocycles. The number of hydrogen-bond donors (Lipinski definition) is 0. The maximum absolute atomic E-state index is 12.8. The zero-order valence-corrected chi connectivity index (χ0v) is 18.5. The van der Waals surface area contributed by atoms with Gasteiger partial charge in [-0.3, -0.25) is 9.36 Å². The molecular formula is C24H19ClN2O3S. The van der Waals surface area contributed by atoms with E-state index in [1.54, 1.807) is 34.9 Å². The minimum absolute atomic E-state index is 0.101. The summed E-state index contributed by atoms with van der Waals surface area (Å²) in [6.45, 7) is 3.34. The molecule has 0 aliphatic rings. The number of rotatable bonds is 4. The Morgan fingerprint density at radius 1 is 1.00 bits per heavy atom. The van der Waals surface area contributed by atoms with Crippen LogP contribution in [-0.2, 0) is 10.0 Å². The molecule has 7 heteroatoms. The van der Waals surface area contributed by atoms with Crippen LogP contribution < -0.4 is 0 Å². The molecule has 0 saturated carbocycles. The summed E-state index contributed by atoms with van der Waals surface area (Å²) in [6, 6.07) is 21.0. The van der Waals surface area contributed by atoms with Crippen molar-refractivity contribution in [2.45, 2.75) is 18.7 Å². The van der Waals surface area contributed by atoms with Gasteiger partial charge in [0.25, 0.3) is 10.0 Å². The van der Waals surface area contributed by atoms with Crippen LogP contribution in [0.2, 0.25) is 5.02 Å². The Kier molecular flexibility index (Phi) is 5.52. The van der Waals surface area contributed by atoms with E-state index in [0.29, 0.717) is 27.2 Å². The number of aryl methyl sites for hydroxylation is 1. The smallest absolute Gasteiger partial charge is 0.279 e. The van der Waals surface area contributed by atoms with E-state index in [9.17, 15) is 13.2 Å². The van der Waals surface area contributed by atoms with Gasteiger partial charge in [-0.1, -0.05) is 59.6 Å². The van der Waals surface area contributed by atoms with Crippen LogP contribution in [0, 0.1) is 6.92 Å². The number of carbonyl (C=O) groups excluding carboxylic acids is 1. The second-order valence-electron chi connectivity index (χ2n) is 7.17. The van der Waals surface area contributed by atoms with Crippen LogP contribution in [0.15, 0.2) is 82.1 Å². The molecule has 0 N–H and O–H groups in total. The topological polar surface area (TPSA) is 68.5 Å². The van der Waals surface area contributed by atoms with Crippen LogP contribution in [0.5, 0.6) is 0 Å². The third kappa shape index (κ3) is 4.04. The van der Waals surface area contributed by atoms with E-state index in [-0.39, 0.29) is 10.8 Å². The summed E-state index contributed by atoms with van der Waals surface area (Å²) in [7, 11) is -3.92. The molecule has 0 fully saturated rings. The summed E-state index contributed by atoms with van der Waals surface area (Å²) in [4.78, 5) is 12.7. The molecule has 1 heterocycles. The summed E-state index contributed by atoms with van der Waals surface area (Å²) in [6.07, 6.45) is 1.30. The normalized spacial score (nSPS) is 12.0. The number of aromatic nitrogens is 1. The monoisotopic (exact) mass is 450 g/mol. The summed E-state index contributed by atoms with van der Waals surface area (Å²) in [5.74, 6) is -0.202. The van der Waals surface area contributed by atoms with E-state index in [0.717, 1.165) is 11.1 Å². The van der Waals surface area contributed by atoms with Gasteiger partial charge in [0.1, 0.15) is 0 Å². The van der Waals surface area contributed by atoms with Crippen molar-refractivity contribution >= 4 is 44.6 Å². The predicted octanol–water partition coefficient (Wildman–Crippen LogP) is 5.74. The average Bonchev–Trinajstić information content (AvgIpc) is 3.07. The Balaban J connectivity index is 1.98. The largest absolute Gasteiger partial charge is 0.282 e. The maximum Gasteiger partial charge on any atom is 0.282 e. The number of hydrogen-bond acceptors (Lipinski definition) is 3. The number of nitrogens with zero attached hydrogens (tertiary/aromatic N) is 2. The second kappa shape index (κ2) is 8.13. The zero-order chi connectivity index (χ0) is 22.2. The van der Waals surface area contributed by atoms with Gasteiger partial charge in [0.15, 0.2) is 0 Å². The van der Waals surface area contributed by atoms with Gasteiger partial charge in [-0.05, 0) is 42.8 Å². The van der Waals surface area contributed by atoms with Crippen LogP contribution in [-0.4, -0.2) is 25.1 Å². The standard InChI is InChI=1S/C24H19ClN2O3S/c1-16-8-11-20(12-9-16)31(29,30)26-15-22-21-14-19(25)10-13-23(21)27(17(2)28)24(22)18-6-4-3-5-7-18/h3-15H,1-2H3/b26-15+. The number of benzene rings is 3. The van der Waals surface area contributed by atoms with Gasteiger partial charge in [0, 0.05) is 22.9 Å². The molecule has 4 rings (SSSR count). The molecule has 0 amide bonds. The fourth-order valence-corrected chi connectivity index (χ4v) is 4.54. The van der Waals surface area contributed by atoms with Gasteiger partial charge in [-0.15, -0.1) is 0 Å². The van der Waals surface area contributed by atoms with Crippen LogP contribution >= 0.6 is 11.6 Å². The summed E-state index contributed by atoms with van der Waals surface area (Å²) < 4.78 is 31.1. The van der Waals surface area contributed by atoms with Crippen molar-refractivity contribution in [3.8, 4) is 11.3 Å². The van der Waals surface area contributed by atoms with Crippen LogP contribution in [0.1, 0.15) is 22.8 Å². The maximum atomic E-state index is 12.8. The lowest BCUT2D eigenvalue weighted by atomic mass is 10.1. The zero-order valence-electron chi connectivity index (χ0n) is 16.9. The van der Waals surface area contributed by atoms with Crippen molar-refractivity contribution in [3.63, 3.8) is 0 Å². The molecule has 4 aromatic rings. The molecule has 1 aromatic heterocycles. The van der Waals surface area contributed by atoms with Crippen molar-refractivity contribution in [1.29, 1.82) is 0 Å². The fraction of sp³-hybridized carbons (Fsp3) is 0.0833. The molecule has 0 atom stereocenters. The Morgan fingerprint density at radius 3 is 2.32 bits per heavy atom. The highest BCUT2D eigenvalue weighted by Crippen LogP contribution is 2.34. The predicted molar refractivity (Wildman–Crippen MR) is 125 cm³/mol. The number of sulfonamides is 1. The molecule has 156 valence electrons. The van der Waals surface area contributed by atoms with Gasteiger partial charge in [0.05, 0.1) is 22.3 Å². The third-order valence-electron chi connectivity index (χ3n) is 4.97. The first-order valence-electron chi connectivity index (χ1n) is 9.55. The van der Waals surface area contributed by atoms with Gasteiger partial charge >= 0.3 is 0 Å². The van der Waals surface area contributed by atoms with Gasteiger partial charge in [0.2, 0.25) is 5.91 Å². The minimum Gasteiger partial charge on any atom is -0.279 e. The number of fused-ring (bicyclic) bond motifs is 1. The average molecular weight is 451 g/mol. The summed E-state index contributed by atoms with van der Waals surface area (Å²) >= 11 is 6.22. The van der Waals surface area contributed by atoms with Crippen molar-refractivity contribution in [3.05, 3.63) is 88.9 Å². The Labute approximate surface area is 185 Å². The molecule has 0 aliphatic carbocycles. The highest BCUT2D eigenvalue weighted by atomic mass is 35.5. The first kappa shape index (κ1) is 21.0. The van der Waals surface area contributed by atoms with E-state index in [4.69, 9.17) is 11.6 Å². The number of halogens is 1. The minimum atomic E-state index is -3.92.